The van der Waals surface area contributed by atoms with Crippen LogP contribution in [0.2, 0.25) is 0 Å². The Labute approximate surface area is 146 Å². The molecule has 1 heterocycles. The molecule has 0 saturated heterocycles. The van der Waals surface area contributed by atoms with Crippen molar-refractivity contribution in [2.75, 3.05) is 13.7 Å². The third-order valence-electron chi connectivity index (χ3n) is 3.00. The molecule has 0 amide bonds. The zero-order chi connectivity index (χ0) is 13.8. The van der Waals surface area contributed by atoms with E-state index in [-0.39, 0.29) is 32.7 Å². The van der Waals surface area contributed by atoms with E-state index in [1.807, 2.05) is 43.1 Å². The summed E-state index contributed by atoms with van der Waals surface area (Å²) in [6, 6.07) is 7.91. The van der Waals surface area contributed by atoms with Crippen molar-refractivity contribution in [2.45, 2.75) is 6.92 Å². The van der Waals surface area contributed by atoms with E-state index in [1.165, 1.54) is 0 Å². The topological polar surface area (TPSA) is 12.5 Å². The Morgan fingerprint density at radius 2 is 2.00 bits per heavy atom. The molecule has 2 nitrogen and oxygen atoms in total. The minimum atomic E-state index is 0. The van der Waals surface area contributed by atoms with Gasteiger partial charge in [-0.3, -0.25) is 0 Å². The van der Waals surface area contributed by atoms with Gasteiger partial charge in [0.1, 0.15) is 5.75 Å². The normalized spacial score (nSPS) is 13.8. The van der Waals surface area contributed by atoms with Crippen molar-refractivity contribution in [1.82, 2.24) is 4.90 Å². The average molecular weight is 339 g/mol. The Morgan fingerprint density at radius 1 is 1.35 bits per heavy atom. The number of hydrogen-bond acceptors (Lipinski definition) is 2. The van der Waals surface area contributed by atoms with Crippen LogP contribution in [-0.2, 0) is 32.7 Å². The van der Waals surface area contributed by atoms with E-state index in [0.717, 1.165) is 28.3 Å². The molecule has 1 aromatic carbocycles. The minimum absolute atomic E-state index is 0. The van der Waals surface area contributed by atoms with Gasteiger partial charge in [0.05, 0.1) is 6.61 Å². The van der Waals surface area contributed by atoms with E-state index >= 15 is 0 Å². The maximum Gasteiger partial charge on any atom is 0.117 e. The molecule has 0 spiro atoms. The quantitative estimate of drug-likeness (QED) is 0.619. The van der Waals surface area contributed by atoms with Gasteiger partial charge in [0, 0.05) is 39.8 Å². The van der Waals surface area contributed by atoms with Gasteiger partial charge in [-0.05, 0) is 24.8 Å². The number of benzene rings is 1. The van der Waals surface area contributed by atoms with E-state index in [4.69, 9.17) is 11.2 Å². The molecule has 1 aliphatic heterocycles. The number of nitrogens with zero attached hydrogens (tertiary/aromatic N) is 1. The summed E-state index contributed by atoms with van der Waals surface area (Å²) in [5.74, 6) is 3.47. The first kappa shape index (κ1) is 16.8. The molecule has 3 heteroatoms. The molecule has 1 aliphatic rings. The van der Waals surface area contributed by atoms with Crippen LogP contribution < -0.4 is 4.74 Å². The van der Waals surface area contributed by atoms with E-state index in [1.54, 1.807) is 6.08 Å². The van der Waals surface area contributed by atoms with Gasteiger partial charge in [-0.1, -0.05) is 23.4 Å². The Hall–Kier alpha value is -1.30. The van der Waals surface area contributed by atoms with Crippen LogP contribution in [0.1, 0.15) is 12.5 Å². The van der Waals surface area contributed by atoms with E-state index in [9.17, 15) is 0 Å². The molecule has 99 valence electrons. The summed E-state index contributed by atoms with van der Waals surface area (Å²) < 4.78 is 5.43. The second-order valence-electron chi connectivity index (χ2n) is 4.16. The summed E-state index contributed by atoms with van der Waals surface area (Å²) in [7, 11) is 1.94. The van der Waals surface area contributed by atoms with Gasteiger partial charge in [0.15, 0.2) is 0 Å². The fourth-order valence-electron chi connectivity index (χ4n) is 1.91. The van der Waals surface area contributed by atoms with Crippen molar-refractivity contribution in [1.29, 1.82) is 0 Å². The first-order valence-corrected chi connectivity index (χ1v) is 6.14. The second-order valence-corrected chi connectivity index (χ2v) is 4.16. The maximum absolute atomic E-state index is 5.43. The molecule has 0 aliphatic carbocycles. The molecule has 0 aromatic heterocycles. The predicted molar refractivity (Wildman–Crippen MR) is 78.1 cm³/mol. The molecule has 0 N–H and O–H groups in total. The van der Waals surface area contributed by atoms with Crippen molar-refractivity contribution in [3.63, 3.8) is 0 Å². The van der Waals surface area contributed by atoms with E-state index in [2.05, 4.69) is 18.6 Å². The fraction of sp³-hybridized carbons (Fsp3) is 0.176. The van der Waals surface area contributed by atoms with Crippen molar-refractivity contribution in [2.24, 2.45) is 0 Å². The third-order valence-corrected chi connectivity index (χ3v) is 3.00. The largest absolute Gasteiger partial charge is 0.494 e. The summed E-state index contributed by atoms with van der Waals surface area (Å²) in [6.45, 7) is 6.63. The van der Waals surface area contributed by atoms with Gasteiger partial charge in [-0.2, -0.15) is 12.2 Å². The molecular formula is C17H16NOY-. The molecule has 0 atom stereocenters. The molecule has 20 heavy (non-hydrogen) atoms. The first-order valence-electron chi connectivity index (χ1n) is 6.14. The Balaban J connectivity index is 0.00000200. The Bertz CT molecular complexity index is 590. The van der Waals surface area contributed by atoms with Crippen LogP contribution in [0.3, 0.4) is 0 Å². The van der Waals surface area contributed by atoms with Crippen molar-refractivity contribution in [3.05, 3.63) is 59.8 Å². The van der Waals surface area contributed by atoms with Crippen LogP contribution in [-0.4, -0.2) is 18.6 Å². The average Bonchev–Trinajstić information content (AvgIpc) is 2.43. The van der Waals surface area contributed by atoms with E-state index < -0.39 is 0 Å². The van der Waals surface area contributed by atoms with Gasteiger partial charge < -0.3 is 9.64 Å². The van der Waals surface area contributed by atoms with Crippen LogP contribution in [0.5, 0.6) is 5.75 Å². The number of rotatable bonds is 3. The van der Waals surface area contributed by atoms with Gasteiger partial charge >= 0.3 is 0 Å². The third kappa shape index (κ3) is 3.42. The maximum atomic E-state index is 5.43. The SMILES string of the molecule is C#CC1=C[C-]=C(c2ccc(OCC)cc2)N(C)C1=C.[Y]. The molecule has 0 saturated carbocycles. The van der Waals surface area contributed by atoms with E-state index in [0.29, 0.717) is 6.61 Å². The van der Waals surface area contributed by atoms with Crippen LogP contribution in [0, 0.1) is 18.4 Å². The van der Waals surface area contributed by atoms with Gasteiger partial charge in [-0.25, -0.2) is 0 Å². The van der Waals surface area contributed by atoms with Crippen molar-refractivity contribution in [3.8, 4) is 18.1 Å². The molecule has 1 radical (unpaired) electrons. The zero-order valence-electron chi connectivity index (χ0n) is 11.8. The van der Waals surface area contributed by atoms with Crippen LogP contribution >= 0.6 is 0 Å². The molecule has 0 unspecified atom stereocenters. The summed E-state index contributed by atoms with van der Waals surface area (Å²) >= 11 is 0. The molecule has 2 rings (SSSR count). The van der Waals surface area contributed by atoms with Crippen molar-refractivity contribution >= 4 is 5.70 Å². The number of ether oxygens (including phenoxy) is 1. The van der Waals surface area contributed by atoms with Gasteiger partial charge in [0.2, 0.25) is 0 Å². The Kier molecular flexibility index (Phi) is 6.26. The zero-order valence-corrected chi connectivity index (χ0v) is 14.6. The Morgan fingerprint density at radius 3 is 2.55 bits per heavy atom. The summed E-state index contributed by atoms with van der Waals surface area (Å²) in [5, 5.41) is 0. The number of allylic oxidation sites excluding steroid dienone is 3. The van der Waals surface area contributed by atoms with Gasteiger partial charge in [0.25, 0.3) is 0 Å². The number of hydrogen-bond donors (Lipinski definition) is 0. The summed E-state index contributed by atoms with van der Waals surface area (Å²) in [6.07, 6.45) is 10.4. The van der Waals surface area contributed by atoms with Crippen LogP contribution in [0.4, 0.5) is 0 Å². The molecule has 0 bridgehead atoms. The second kappa shape index (κ2) is 7.48. The number of likely N-dealkylation sites (N-methyl/N-ethyl adjacent to an activating group) is 1. The molecular weight excluding hydrogens is 323 g/mol. The fourth-order valence-corrected chi connectivity index (χ4v) is 1.91. The molecule has 0 fully saturated rings. The first-order chi connectivity index (χ1) is 9.17. The summed E-state index contributed by atoms with van der Waals surface area (Å²) in [4.78, 5) is 1.95. The standard InChI is InChI=1S/C17H16NO.Y/c1-5-14-9-12-17(18(4)13(14)3)15-7-10-16(11-8-15)19-6-2;/h1,7-11H,3,6H2,2,4H3;/q-1;. The minimum Gasteiger partial charge on any atom is -0.494 e. The smallest absolute Gasteiger partial charge is 0.117 e. The van der Waals surface area contributed by atoms with Gasteiger partial charge in [-0.15, -0.1) is 24.5 Å². The predicted octanol–water partition coefficient (Wildman–Crippen LogP) is 3.25. The summed E-state index contributed by atoms with van der Waals surface area (Å²) in [5.41, 5.74) is 3.58. The number of terminal acetylenes is 1. The van der Waals surface area contributed by atoms with Crippen LogP contribution in [0.15, 0.2) is 48.2 Å². The van der Waals surface area contributed by atoms with Crippen LogP contribution in [0.25, 0.3) is 5.70 Å². The van der Waals surface area contributed by atoms with Crippen molar-refractivity contribution < 1.29 is 37.4 Å². The molecule has 1 aromatic rings. The monoisotopic (exact) mass is 339 g/mol.